The lowest BCUT2D eigenvalue weighted by Gasteiger charge is -2.33. The first kappa shape index (κ1) is 26.4. The molecule has 0 aliphatic rings. The third kappa shape index (κ3) is 7.05. The van der Waals surface area contributed by atoms with Crippen LogP contribution in [0.2, 0.25) is 0 Å². The second kappa shape index (κ2) is 11.3. The highest BCUT2D eigenvalue weighted by Crippen LogP contribution is 2.27. The zero-order valence-electron chi connectivity index (χ0n) is 20.3. The third-order valence-corrected chi connectivity index (χ3v) is 6.49. The lowest BCUT2D eigenvalue weighted by molar-refractivity contribution is -0.140. The summed E-state index contributed by atoms with van der Waals surface area (Å²) in [5.74, 6) is -0.688. The smallest absolute Gasteiger partial charge is 0.244 e. The Morgan fingerprint density at radius 2 is 1.55 bits per heavy atom. The second-order valence-electron chi connectivity index (χ2n) is 8.60. The summed E-state index contributed by atoms with van der Waals surface area (Å²) in [6, 6.07) is 14.1. The highest BCUT2D eigenvalue weighted by Gasteiger charge is 2.32. The van der Waals surface area contributed by atoms with E-state index in [1.165, 1.54) is 4.90 Å². The molecule has 0 spiro atoms. The summed E-state index contributed by atoms with van der Waals surface area (Å²) in [6.45, 7) is 9.02. The minimum Gasteiger partial charge on any atom is -0.352 e. The van der Waals surface area contributed by atoms with Crippen molar-refractivity contribution in [3.8, 4) is 0 Å². The second-order valence-corrected chi connectivity index (χ2v) is 10.5. The van der Waals surface area contributed by atoms with E-state index in [9.17, 15) is 18.0 Å². The van der Waals surface area contributed by atoms with E-state index in [0.29, 0.717) is 12.1 Å². The van der Waals surface area contributed by atoms with Crippen molar-refractivity contribution in [2.45, 2.75) is 59.7 Å². The number of nitrogens with one attached hydrogen (secondary N) is 1. The average Bonchev–Trinajstić information content (AvgIpc) is 2.72. The summed E-state index contributed by atoms with van der Waals surface area (Å²) >= 11 is 0. The molecule has 0 radical (unpaired) electrons. The summed E-state index contributed by atoms with van der Waals surface area (Å²) in [5.41, 5.74) is 2.87. The van der Waals surface area contributed by atoms with Crippen molar-refractivity contribution in [3.63, 3.8) is 0 Å². The fraction of sp³-hybridized carbons (Fsp3) is 0.440. The minimum atomic E-state index is -3.75. The van der Waals surface area contributed by atoms with Gasteiger partial charge in [0.1, 0.15) is 12.6 Å². The van der Waals surface area contributed by atoms with Crippen molar-refractivity contribution in [2.75, 3.05) is 17.1 Å². The Morgan fingerprint density at radius 3 is 2.03 bits per heavy atom. The number of benzene rings is 2. The minimum absolute atomic E-state index is 0.0811. The number of aryl methyl sites for hydroxylation is 2. The lowest BCUT2D eigenvalue weighted by atomic mass is 10.1. The predicted octanol–water partition coefficient (Wildman–Crippen LogP) is 3.40. The number of carbonyl (C=O) groups excluding carboxylic acids is 2. The molecule has 0 unspecified atom stereocenters. The molecule has 0 aliphatic carbocycles. The molecule has 7 nitrogen and oxygen atoms in total. The summed E-state index contributed by atoms with van der Waals surface area (Å²) in [6.07, 6.45) is 1.50. The fourth-order valence-electron chi connectivity index (χ4n) is 3.86. The van der Waals surface area contributed by atoms with Crippen LogP contribution in [0, 0.1) is 13.8 Å². The number of sulfonamides is 1. The van der Waals surface area contributed by atoms with E-state index in [-0.39, 0.29) is 25.0 Å². The van der Waals surface area contributed by atoms with E-state index < -0.39 is 22.0 Å². The van der Waals surface area contributed by atoms with Gasteiger partial charge in [0.15, 0.2) is 0 Å². The topological polar surface area (TPSA) is 86.8 Å². The molecule has 2 rings (SSSR count). The first-order valence-corrected chi connectivity index (χ1v) is 13.0. The van der Waals surface area contributed by atoms with Crippen molar-refractivity contribution in [3.05, 3.63) is 65.2 Å². The number of amides is 2. The van der Waals surface area contributed by atoms with Crippen LogP contribution in [0.25, 0.3) is 0 Å². The molecule has 180 valence electrons. The van der Waals surface area contributed by atoms with Crippen LogP contribution in [0.5, 0.6) is 0 Å². The van der Waals surface area contributed by atoms with Gasteiger partial charge in [0.2, 0.25) is 21.8 Å². The Balaban J connectivity index is 2.48. The van der Waals surface area contributed by atoms with E-state index in [2.05, 4.69) is 5.32 Å². The molecule has 2 aromatic rings. The fourth-order valence-corrected chi connectivity index (χ4v) is 4.82. The van der Waals surface area contributed by atoms with Crippen LogP contribution in [0.15, 0.2) is 48.5 Å². The van der Waals surface area contributed by atoms with Crippen LogP contribution < -0.4 is 9.62 Å². The highest BCUT2D eigenvalue weighted by molar-refractivity contribution is 7.92. The van der Waals surface area contributed by atoms with Gasteiger partial charge in [0.25, 0.3) is 0 Å². The van der Waals surface area contributed by atoms with Gasteiger partial charge < -0.3 is 10.2 Å². The molecule has 0 aliphatic heterocycles. The van der Waals surface area contributed by atoms with Crippen LogP contribution in [0.3, 0.4) is 0 Å². The maximum absolute atomic E-state index is 13.6. The summed E-state index contributed by atoms with van der Waals surface area (Å²) in [5, 5.41) is 2.88. The Kier molecular flexibility index (Phi) is 9.05. The molecule has 0 saturated carbocycles. The van der Waals surface area contributed by atoms with Crippen LogP contribution in [0.4, 0.5) is 5.69 Å². The molecule has 1 N–H and O–H groups in total. The lowest BCUT2D eigenvalue weighted by Crippen LogP contribution is -2.53. The Bertz CT molecular complexity index is 1050. The number of nitrogens with zero attached hydrogens (tertiary/aromatic N) is 2. The Hall–Kier alpha value is -2.87. The van der Waals surface area contributed by atoms with Crippen LogP contribution in [-0.2, 0) is 26.2 Å². The molecule has 0 saturated heterocycles. The largest absolute Gasteiger partial charge is 0.352 e. The number of hydrogen-bond acceptors (Lipinski definition) is 4. The van der Waals surface area contributed by atoms with Gasteiger partial charge in [-0.1, -0.05) is 55.5 Å². The summed E-state index contributed by atoms with van der Waals surface area (Å²) in [4.78, 5) is 28.1. The molecule has 0 heterocycles. The summed E-state index contributed by atoms with van der Waals surface area (Å²) < 4.78 is 26.6. The van der Waals surface area contributed by atoms with E-state index in [0.717, 1.165) is 27.3 Å². The Morgan fingerprint density at radius 1 is 0.970 bits per heavy atom. The molecule has 0 aromatic heterocycles. The number of rotatable bonds is 10. The molecule has 2 amide bonds. The molecule has 0 bridgehead atoms. The molecule has 33 heavy (non-hydrogen) atoms. The standard InChI is InChI=1S/C25H35N3O4S/c1-7-22(25(30)26-18(2)3)27(16-21-14-9-8-10-15-21)23(29)17-28(33(6,31)32)24-19(4)12-11-13-20(24)5/h8-15,18,22H,7,16-17H2,1-6H3,(H,26,30)/t22-/m1/s1. The van der Waals surface area contributed by atoms with E-state index in [1.807, 2.05) is 83.1 Å². The maximum atomic E-state index is 13.6. The van der Waals surface area contributed by atoms with Crippen molar-refractivity contribution in [1.82, 2.24) is 10.2 Å². The average molecular weight is 474 g/mol. The van der Waals surface area contributed by atoms with Gasteiger partial charge in [-0.2, -0.15) is 0 Å². The molecular formula is C25H35N3O4S. The normalized spacial score (nSPS) is 12.3. The first-order valence-electron chi connectivity index (χ1n) is 11.1. The van der Waals surface area contributed by atoms with Crippen molar-refractivity contribution >= 4 is 27.5 Å². The first-order chi connectivity index (χ1) is 15.5. The monoisotopic (exact) mass is 473 g/mol. The highest BCUT2D eigenvalue weighted by atomic mass is 32.2. The van der Waals surface area contributed by atoms with Crippen LogP contribution in [-0.4, -0.2) is 50.0 Å². The summed E-state index contributed by atoms with van der Waals surface area (Å²) in [7, 11) is -3.75. The van der Waals surface area contributed by atoms with Gasteiger partial charge in [0, 0.05) is 12.6 Å². The van der Waals surface area contributed by atoms with Gasteiger partial charge in [-0.3, -0.25) is 13.9 Å². The van der Waals surface area contributed by atoms with Crippen LogP contribution >= 0.6 is 0 Å². The van der Waals surface area contributed by atoms with E-state index in [1.54, 1.807) is 0 Å². The van der Waals surface area contributed by atoms with Gasteiger partial charge >= 0.3 is 0 Å². The SMILES string of the molecule is CC[C@H](C(=O)NC(C)C)N(Cc1ccccc1)C(=O)CN(c1c(C)cccc1C)S(C)(=O)=O. The van der Waals surface area contributed by atoms with Crippen molar-refractivity contribution in [2.24, 2.45) is 0 Å². The zero-order valence-corrected chi connectivity index (χ0v) is 21.1. The quantitative estimate of drug-likeness (QED) is 0.573. The van der Waals surface area contributed by atoms with Gasteiger partial charge in [0.05, 0.1) is 11.9 Å². The third-order valence-electron chi connectivity index (χ3n) is 5.38. The van der Waals surface area contributed by atoms with Gasteiger partial charge in [-0.05, 0) is 50.8 Å². The molecule has 8 heteroatoms. The van der Waals surface area contributed by atoms with Crippen molar-refractivity contribution < 1.29 is 18.0 Å². The number of anilines is 1. The van der Waals surface area contributed by atoms with Gasteiger partial charge in [-0.15, -0.1) is 0 Å². The molecular weight excluding hydrogens is 438 g/mol. The van der Waals surface area contributed by atoms with Crippen LogP contribution in [0.1, 0.15) is 43.9 Å². The predicted molar refractivity (Wildman–Crippen MR) is 132 cm³/mol. The molecule has 1 atom stereocenters. The Labute approximate surface area is 197 Å². The van der Waals surface area contributed by atoms with Crippen molar-refractivity contribution in [1.29, 1.82) is 0 Å². The molecule has 0 fully saturated rings. The van der Waals surface area contributed by atoms with E-state index in [4.69, 9.17) is 0 Å². The number of hydrogen-bond donors (Lipinski definition) is 1. The zero-order chi connectivity index (χ0) is 24.8. The number of carbonyl (C=O) groups is 2. The molecule has 2 aromatic carbocycles. The van der Waals surface area contributed by atoms with Gasteiger partial charge in [-0.25, -0.2) is 8.42 Å². The van der Waals surface area contributed by atoms with E-state index >= 15 is 0 Å². The number of para-hydroxylation sites is 1. The maximum Gasteiger partial charge on any atom is 0.244 e.